The predicted molar refractivity (Wildman–Crippen MR) is 79.6 cm³/mol. The van der Waals surface area contributed by atoms with Crippen molar-refractivity contribution in [1.29, 1.82) is 0 Å². The molecular formula is C8H10Br4N2O2. The molecule has 8 heteroatoms. The Labute approximate surface area is 131 Å². The van der Waals surface area contributed by atoms with Gasteiger partial charge in [0.2, 0.25) is 0 Å². The summed E-state index contributed by atoms with van der Waals surface area (Å²) in [6.45, 7) is 0. The summed E-state index contributed by atoms with van der Waals surface area (Å²) in [4.78, 5) is 14.5. The van der Waals surface area contributed by atoms with Gasteiger partial charge in [-0.05, 0) is 49.9 Å². The highest BCUT2D eigenvalue weighted by Crippen LogP contribution is 2.24. The molecule has 1 aromatic heterocycles. The average molecular weight is 486 g/mol. The number of pyridine rings is 1. The number of carboxylic acids is 1. The number of rotatable bonds is 3. The zero-order valence-corrected chi connectivity index (χ0v) is 14.5. The molecule has 0 saturated carbocycles. The Kier molecular flexibility index (Phi) is 10.1. The molecule has 0 spiro atoms. The SMILES string of the molecule is Br.Br.NC(Cc1ccnc(Br)c1Br)C(=O)O. The molecule has 16 heavy (non-hydrogen) atoms. The number of hydrogen-bond acceptors (Lipinski definition) is 3. The third-order valence-electron chi connectivity index (χ3n) is 1.68. The number of nitrogens with zero attached hydrogens (tertiary/aromatic N) is 1. The fraction of sp³-hybridized carbons (Fsp3) is 0.250. The van der Waals surface area contributed by atoms with Gasteiger partial charge in [0.05, 0.1) is 4.47 Å². The first-order valence-corrected chi connectivity index (χ1v) is 5.38. The molecule has 0 saturated heterocycles. The number of aromatic nitrogens is 1. The van der Waals surface area contributed by atoms with Crippen LogP contribution in [0.15, 0.2) is 21.3 Å². The highest BCUT2D eigenvalue weighted by molar-refractivity contribution is 9.13. The Balaban J connectivity index is 0. The van der Waals surface area contributed by atoms with Gasteiger partial charge in [-0.2, -0.15) is 0 Å². The van der Waals surface area contributed by atoms with Crippen LogP contribution >= 0.6 is 65.8 Å². The lowest BCUT2D eigenvalue weighted by Crippen LogP contribution is -2.32. The number of halogens is 4. The Morgan fingerprint density at radius 2 is 2.06 bits per heavy atom. The maximum Gasteiger partial charge on any atom is 0.320 e. The lowest BCUT2D eigenvalue weighted by molar-refractivity contribution is -0.138. The highest BCUT2D eigenvalue weighted by Gasteiger charge is 2.14. The van der Waals surface area contributed by atoms with E-state index in [1.54, 1.807) is 12.3 Å². The van der Waals surface area contributed by atoms with Gasteiger partial charge in [0, 0.05) is 6.20 Å². The summed E-state index contributed by atoms with van der Waals surface area (Å²) in [6.07, 6.45) is 1.87. The van der Waals surface area contributed by atoms with Crippen molar-refractivity contribution >= 4 is 71.8 Å². The Hall–Kier alpha value is 0.500. The van der Waals surface area contributed by atoms with Crippen molar-refractivity contribution in [3.8, 4) is 0 Å². The van der Waals surface area contributed by atoms with E-state index < -0.39 is 12.0 Å². The smallest absolute Gasteiger partial charge is 0.320 e. The number of aliphatic carboxylic acids is 1. The first kappa shape index (κ1) is 18.9. The molecule has 0 bridgehead atoms. The molecule has 0 aliphatic heterocycles. The second kappa shape index (κ2) is 8.57. The molecule has 0 radical (unpaired) electrons. The number of hydrogen-bond donors (Lipinski definition) is 2. The Bertz CT molecular complexity index is 362. The van der Waals surface area contributed by atoms with Gasteiger partial charge in [-0.25, -0.2) is 4.98 Å². The van der Waals surface area contributed by atoms with E-state index in [0.717, 1.165) is 10.0 Å². The molecule has 0 fully saturated rings. The van der Waals surface area contributed by atoms with E-state index in [-0.39, 0.29) is 40.4 Å². The minimum atomic E-state index is -1.01. The van der Waals surface area contributed by atoms with Gasteiger partial charge in [0.15, 0.2) is 0 Å². The van der Waals surface area contributed by atoms with Crippen molar-refractivity contribution in [3.63, 3.8) is 0 Å². The summed E-state index contributed by atoms with van der Waals surface area (Å²) in [5, 5.41) is 8.64. The third kappa shape index (κ3) is 5.22. The topological polar surface area (TPSA) is 76.2 Å². The van der Waals surface area contributed by atoms with E-state index in [9.17, 15) is 4.79 Å². The van der Waals surface area contributed by atoms with Gasteiger partial charge in [-0.3, -0.25) is 4.79 Å². The molecule has 92 valence electrons. The summed E-state index contributed by atoms with van der Waals surface area (Å²) >= 11 is 6.53. The van der Waals surface area contributed by atoms with E-state index in [2.05, 4.69) is 36.8 Å². The van der Waals surface area contributed by atoms with Crippen molar-refractivity contribution in [2.24, 2.45) is 5.73 Å². The van der Waals surface area contributed by atoms with Crippen LogP contribution in [0, 0.1) is 0 Å². The zero-order valence-electron chi connectivity index (χ0n) is 7.89. The number of carbonyl (C=O) groups is 1. The van der Waals surface area contributed by atoms with Crippen LogP contribution in [0.2, 0.25) is 0 Å². The molecule has 0 aromatic carbocycles. The van der Waals surface area contributed by atoms with Crippen molar-refractivity contribution < 1.29 is 9.90 Å². The zero-order chi connectivity index (χ0) is 10.7. The van der Waals surface area contributed by atoms with Crippen molar-refractivity contribution in [2.45, 2.75) is 12.5 Å². The number of nitrogens with two attached hydrogens (primary N) is 1. The quantitative estimate of drug-likeness (QED) is 0.646. The largest absolute Gasteiger partial charge is 0.480 e. The minimum absolute atomic E-state index is 0. The average Bonchev–Trinajstić information content (AvgIpc) is 2.12. The standard InChI is InChI=1S/C8H8Br2N2O2.2BrH/c9-6-4(1-2-12-7(6)10)3-5(11)8(13)14;;/h1-2,5H,3,11H2,(H,13,14);2*1H. The molecule has 1 aromatic rings. The molecule has 1 unspecified atom stereocenters. The fourth-order valence-corrected chi connectivity index (χ4v) is 1.71. The molecule has 0 amide bonds. The van der Waals surface area contributed by atoms with Crippen molar-refractivity contribution in [3.05, 3.63) is 26.9 Å². The normalized spacial score (nSPS) is 10.9. The summed E-state index contributed by atoms with van der Waals surface area (Å²) < 4.78 is 1.39. The van der Waals surface area contributed by atoms with E-state index >= 15 is 0 Å². The maximum atomic E-state index is 10.5. The van der Waals surface area contributed by atoms with Crippen LogP contribution in [0.5, 0.6) is 0 Å². The molecule has 0 aliphatic rings. The molecule has 3 N–H and O–H groups in total. The van der Waals surface area contributed by atoms with E-state index in [4.69, 9.17) is 10.8 Å². The van der Waals surface area contributed by atoms with Crippen LogP contribution in [0.1, 0.15) is 5.56 Å². The molecular weight excluding hydrogens is 476 g/mol. The summed E-state index contributed by atoms with van der Waals surface area (Å²) in [7, 11) is 0. The van der Waals surface area contributed by atoms with Crippen molar-refractivity contribution in [2.75, 3.05) is 0 Å². The van der Waals surface area contributed by atoms with Crippen LogP contribution < -0.4 is 5.73 Å². The maximum absolute atomic E-state index is 10.5. The van der Waals surface area contributed by atoms with Crippen molar-refractivity contribution in [1.82, 2.24) is 4.98 Å². The highest BCUT2D eigenvalue weighted by atomic mass is 79.9. The predicted octanol–water partition coefficient (Wildman–Crippen LogP) is 2.72. The first-order chi connectivity index (χ1) is 6.52. The monoisotopic (exact) mass is 482 g/mol. The summed E-state index contributed by atoms with van der Waals surface area (Å²) in [6, 6.07) is 0.845. The van der Waals surface area contributed by atoms with Crippen LogP contribution in [0.25, 0.3) is 0 Å². The van der Waals surface area contributed by atoms with E-state index in [0.29, 0.717) is 4.60 Å². The second-order valence-electron chi connectivity index (χ2n) is 2.72. The Morgan fingerprint density at radius 3 is 2.56 bits per heavy atom. The van der Waals surface area contributed by atoms with Crippen LogP contribution in [-0.4, -0.2) is 22.1 Å². The molecule has 1 atom stereocenters. The van der Waals surface area contributed by atoms with Gasteiger partial charge >= 0.3 is 5.97 Å². The van der Waals surface area contributed by atoms with Gasteiger partial charge in [0.25, 0.3) is 0 Å². The molecule has 1 rings (SSSR count). The lowest BCUT2D eigenvalue weighted by Gasteiger charge is -2.08. The van der Waals surface area contributed by atoms with Crippen LogP contribution in [-0.2, 0) is 11.2 Å². The van der Waals surface area contributed by atoms with Gasteiger partial charge < -0.3 is 10.8 Å². The van der Waals surface area contributed by atoms with Gasteiger partial charge in [-0.15, -0.1) is 34.0 Å². The van der Waals surface area contributed by atoms with Crippen LogP contribution in [0.4, 0.5) is 0 Å². The summed E-state index contributed by atoms with van der Waals surface area (Å²) in [5.41, 5.74) is 6.23. The fourth-order valence-electron chi connectivity index (χ4n) is 0.937. The van der Waals surface area contributed by atoms with E-state index in [1.807, 2.05) is 0 Å². The van der Waals surface area contributed by atoms with Gasteiger partial charge in [0.1, 0.15) is 10.6 Å². The minimum Gasteiger partial charge on any atom is -0.480 e. The lowest BCUT2D eigenvalue weighted by atomic mass is 10.1. The molecule has 0 aliphatic carbocycles. The van der Waals surface area contributed by atoms with Gasteiger partial charge in [-0.1, -0.05) is 0 Å². The second-order valence-corrected chi connectivity index (χ2v) is 4.27. The number of carboxylic acid groups (broad SMARTS) is 1. The summed E-state index contributed by atoms with van der Waals surface area (Å²) in [5.74, 6) is -1.01. The molecule has 1 heterocycles. The molecule has 4 nitrogen and oxygen atoms in total. The van der Waals surface area contributed by atoms with Crippen LogP contribution in [0.3, 0.4) is 0 Å². The van der Waals surface area contributed by atoms with E-state index in [1.165, 1.54) is 0 Å². The first-order valence-electron chi connectivity index (χ1n) is 3.79. The third-order valence-corrected chi connectivity index (χ3v) is 3.70. The Morgan fingerprint density at radius 1 is 1.50 bits per heavy atom.